The van der Waals surface area contributed by atoms with E-state index >= 15 is 0 Å². The minimum Gasteiger partial charge on any atom is -0.378 e. The van der Waals surface area contributed by atoms with Crippen LogP contribution in [0.2, 0.25) is 0 Å². The van der Waals surface area contributed by atoms with Crippen molar-refractivity contribution >= 4 is 5.91 Å². The lowest BCUT2D eigenvalue weighted by molar-refractivity contribution is -0.130. The lowest BCUT2D eigenvalue weighted by Crippen LogP contribution is -2.42. The highest BCUT2D eigenvalue weighted by molar-refractivity contribution is 5.97. The molecule has 0 aromatic rings. The number of rotatable bonds is 3. The number of amides is 1. The molecule has 0 aliphatic carbocycles. The average Bonchev–Trinajstić information content (AvgIpc) is 2.39. The van der Waals surface area contributed by atoms with Crippen LogP contribution in [0, 0.1) is 11.3 Å². The molecule has 0 saturated carbocycles. The zero-order valence-electron chi connectivity index (χ0n) is 12.3. The lowest BCUT2D eigenvalue weighted by atomic mass is 10.1. The third-order valence-corrected chi connectivity index (χ3v) is 3.14. The maximum Gasteiger partial charge on any atom is 0.266 e. The zero-order valence-corrected chi connectivity index (χ0v) is 12.3. The van der Waals surface area contributed by atoms with E-state index in [0.29, 0.717) is 26.3 Å². The Kier molecular flexibility index (Phi) is 5.37. The van der Waals surface area contributed by atoms with E-state index in [1.807, 2.05) is 17.9 Å². The van der Waals surface area contributed by atoms with Gasteiger partial charge in [-0.25, -0.2) is 0 Å². The first-order valence-electron chi connectivity index (χ1n) is 6.65. The van der Waals surface area contributed by atoms with E-state index in [1.165, 1.54) is 0 Å². The molecule has 0 bridgehead atoms. The van der Waals surface area contributed by atoms with Gasteiger partial charge in [-0.3, -0.25) is 4.79 Å². The van der Waals surface area contributed by atoms with Gasteiger partial charge < -0.3 is 14.5 Å². The van der Waals surface area contributed by atoms with E-state index in [1.54, 1.807) is 11.1 Å². The van der Waals surface area contributed by atoms with Crippen molar-refractivity contribution in [1.82, 2.24) is 9.80 Å². The van der Waals surface area contributed by atoms with Crippen LogP contribution in [0.5, 0.6) is 0 Å². The second kappa shape index (κ2) is 6.58. The quantitative estimate of drug-likeness (QED) is 0.571. The minimum absolute atomic E-state index is 0.109. The Morgan fingerprint density at radius 1 is 1.42 bits per heavy atom. The number of carbonyl (C=O) groups excluding carboxylic acids is 1. The standard InChI is InChI=1S/C14H23N3O2/c1-5-17(14(2,3)4)11-12(10-15)13(18)16-6-8-19-9-7-16/h11H,5-9H2,1-4H3/b12-11-. The molecule has 0 aromatic carbocycles. The number of ether oxygens (including phenoxy) is 1. The molecule has 0 aromatic heterocycles. The fourth-order valence-electron chi connectivity index (χ4n) is 1.98. The maximum absolute atomic E-state index is 12.3. The fourth-order valence-corrected chi connectivity index (χ4v) is 1.98. The van der Waals surface area contributed by atoms with Gasteiger partial charge in [-0.2, -0.15) is 5.26 Å². The van der Waals surface area contributed by atoms with Crippen LogP contribution >= 0.6 is 0 Å². The van der Waals surface area contributed by atoms with Crippen LogP contribution in [0.4, 0.5) is 0 Å². The molecule has 0 spiro atoms. The monoisotopic (exact) mass is 265 g/mol. The van der Waals surface area contributed by atoms with E-state index in [2.05, 4.69) is 20.8 Å². The van der Waals surface area contributed by atoms with Crippen molar-refractivity contribution in [2.75, 3.05) is 32.8 Å². The lowest BCUT2D eigenvalue weighted by Gasteiger charge is -2.34. The second-order valence-corrected chi connectivity index (χ2v) is 5.52. The molecule has 1 amide bonds. The molecule has 0 unspecified atom stereocenters. The van der Waals surface area contributed by atoms with Crippen molar-refractivity contribution < 1.29 is 9.53 Å². The largest absolute Gasteiger partial charge is 0.378 e. The van der Waals surface area contributed by atoms with Gasteiger partial charge in [-0.05, 0) is 27.7 Å². The Balaban J connectivity index is 2.86. The molecule has 1 aliphatic rings. The average molecular weight is 265 g/mol. The van der Waals surface area contributed by atoms with Gasteiger partial charge in [0.05, 0.1) is 13.2 Å². The smallest absolute Gasteiger partial charge is 0.266 e. The summed E-state index contributed by atoms with van der Waals surface area (Å²) in [6, 6.07) is 2.02. The second-order valence-electron chi connectivity index (χ2n) is 5.52. The third-order valence-electron chi connectivity index (χ3n) is 3.14. The van der Waals surface area contributed by atoms with Gasteiger partial charge in [0.1, 0.15) is 11.6 Å². The van der Waals surface area contributed by atoms with Gasteiger partial charge in [0.15, 0.2) is 0 Å². The number of hydrogen-bond acceptors (Lipinski definition) is 4. The molecular weight excluding hydrogens is 242 g/mol. The number of nitriles is 1. The van der Waals surface area contributed by atoms with Gasteiger partial charge in [-0.1, -0.05) is 0 Å². The van der Waals surface area contributed by atoms with Crippen LogP contribution in [-0.4, -0.2) is 54.1 Å². The molecule has 19 heavy (non-hydrogen) atoms. The number of carbonyl (C=O) groups is 1. The van der Waals surface area contributed by atoms with E-state index in [4.69, 9.17) is 4.74 Å². The Morgan fingerprint density at radius 3 is 2.42 bits per heavy atom. The normalized spacial score (nSPS) is 17.0. The predicted octanol–water partition coefficient (Wildman–Crippen LogP) is 1.37. The highest BCUT2D eigenvalue weighted by atomic mass is 16.5. The van der Waals surface area contributed by atoms with Crippen LogP contribution in [0.25, 0.3) is 0 Å². The summed E-state index contributed by atoms with van der Waals surface area (Å²) in [5.41, 5.74) is 0.0842. The third kappa shape index (κ3) is 4.25. The first-order valence-corrected chi connectivity index (χ1v) is 6.65. The predicted molar refractivity (Wildman–Crippen MR) is 73.2 cm³/mol. The summed E-state index contributed by atoms with van der Waals surface area (Å²) in [4.78, 5) is 15.9. The SMILES string of the molecule is CCN(/C=C(/C#N)C(=O)N1CCOCC1)C(C)(C)C. The first-order chi connectivity index (χ1) is 8.90. The fraction of sp³-hybridized carbons (Fsp3) is 0.714. The first kappa shape index (κ1) is 15.5. The van der Waals surface area contributed by atoms with Crippen LogP contribution in [0.3, 0.4) is 0 Å². The molecule has 1 rings (SSSR count). The summed E-state index contributed by atoms with van der Waals surface area (Å²) < 4.78 is 5.21. The molecule has 0 N–H and O–H groups in total. The molecule has 106 valence electrons. The molecule has 5 heteroatoms. The van der Waals surface area contributed by atoms with Crippen molar-refractivity contribution in [3.8, 4) is 6.07 Å². The molecule has 1 heterocycles. The van der Waals surface area contributed by atoms with Crippen molar-refractivity contribution in [2.45, 2.75) is 33.2 Å². The van der Waals surface area contributed by atoms with Gasteiger partial charge in [-0.15, -0.1) is 0 Å². The zero-order chi connectivity index (χ0) is 14.5. The summed E-state index contributed by atoms with van der Waals surface area (Å²) in [6.45, 7) is 11.1. The Hall–Kier alpha value is -1.54. The highest BCUT2D eigenvalue weighted by Gasteiger charge is 2.23. The topological polar surface area (TPSA) is 56.6 Å². The summed E-state index contributed by atoms with van der Waals surface area (Å²) in [6.07, 6.45) is 1.68. The highest BCUT2D eigenvalue weighted by Crippen LogP contribution is 2.15. The summed E-state index contributed by atoms with van der Waals surface area (Å²) in [5, 5.41) is 9.21. The van der Waals surface area contributed by atoms with Gasteiger partial charge >= 0.3 is 0 Å². The van der Waals surface area contributed by atoms with E-state index in [0.717, 1.165) is 6.54 Å². The summed E-state index contributed by atoms with van der Waals surface area (Å²) >= 11 is 0. The maximum atomic E-state index is 12.3. The van der Waals surface area contributed by atoms with Crippen LogP contribution in [-0.2, 0) is 9.53 Å². The van der Waals surface area contributed by atoms with E-state index < -0.39 is 0 Å². The number of nitrogens with zero attached hydrogens (tertiary/aromatic N) is 3. The van der Waals surface area contributed by atoms with Gasteiger partial charge in [0.25, 0.3) is 5.91 Å². The molecule has 1 saturated heterocycles. The van der Waals surface area contributed by atoms with Gasteiger partial charge in [0, 0.05) is 31.4 Å². The van der Waals surface area contributed by atoms with Crippen molar-refractivity contribution in [3.63, 3.8) is 0 Å². The summed E-state index contributed by atoms with van der Waals surface area (Å²) in [7, 11) is 0. The number of morpholine rings is 1. The molecule has 5 nitrogen and oxygen atoms in total. The van der Waals surface area contributed by atoms with Crippen LogP contribution in [0.15, 0.2) is 11.8 Å². The molecular formula is C14H23N3O2. The van der Waals surface area contributed by atoms with E-state index in [-0.39, 0.29) is 17.0 Å². The summed E-state index contributed by atoms with van der Waals surface area (Å²) in [5.74, 6) is -0.200. The van der Waals surface area contributed by atoms with E-state index in [9.17, 15) is 10.1 Å². The Morgan fingerprint density at radius 2 is 2.00 bits per heavy atom. The van der Waals surface area contributed by atoms with Crippen LogP contribution in [0.1, 0.15) is 27.7 Å². The van der Waals surface area contributed by atoms with Crippen LogP contribution < -0.4 is 0 Å². The molecule has 1 fully saturated rings. The Bertz CT molecular complexity index is 384. The van der Waals surface area contributed by atoms with Gasteiger partial charge in [0.2, 0.25) is 0 Å². The minimum atomic E-state index is -0.200. The van der Waals surface area contributed by atoms with Crippen molar-refractivity contribution in [3.05, 3.63) is 11.8 Å². The van der Waals surface area contributed by atoms with Crippen molar-refractivity contribution in [2.24, 2.45) is 0 Å². The molecule has 0 radical (unpaired) electrons. The Labute approximate surface area is 115 Å². The number of hydrogen-bond donors (Lipinski definition) is 0. The molecule has 1 aliphatic heterocycles. The van der Waals surface area contributed by atoms with Crippen molar-refractivity contribution in [1.29, 1.82) is 5.26 Å². The molecule has 0 atom stereocenters.